The van der Waals surface area contributed by atoms with Gasteiger partial charge in [0, 0.05) is 29.8 Å². The van der Waals surface area contributed by atoms with Gasteiger partial charge >= 0.3 is 0 Å². The number of benzene rings is 2. The minimum absolute atomic E-state index is 0.121. The lowest BCUT2D eigenvalue weighted by molar-refractivity contribution is 0.0827. The number of ether oxygens (including phenoxy) is 1. The predicted octanol–water partition coefficient (Wildman–Crippen LogP) is 4.44. The minimum Gasteiger partial charge on any atom is -0.492 e. The van der Waals surface area contributed by atoms with Crippen molar-refractivity contribution >= 4 is 33.4 Å². The first-order chi connectivity index (χ1) is 12.3. The van der Waals surface area contributed by atoms with Crippen molar-refractivity contribution in [3.63, 3.8) is 0 Å². The van der Waals surface area contributed by atoms with Crippen LogP contribution in [0.1, 0.15) is 34.6 Å². The normalized spacial score (nSPS) is 10.5. The molecule has 2 aromatic carbocycles. The Morgan fingerprint density at radius 3 is 2.54 bits per heavy atom. The van der Waals surface area contributed by atoms with E-state index in [4.69, 9.17) is 4.74 Å². The maximum absolute atomic E-state index is 12.7. The maximum atomic E-state index is 12.7. The summed E-state index contributed by atoms with van der Waals surface area (Å²) < 4.78 is 6.55. The molecule has 0 bridgehead atoms. The molecule has 0 aliphatic heterocycles. The molecule has 0 aliphatic carbocycles. The quantitative estimate of drug-likeness (QED) is 0.753. The zero-order valence-corrected chi connectivity index (χ0v) is 17.0. The zero-order chi connectivity index (χ0) is 19.3. The van der Waals surface area contributed by atoms with Gasteiger partial charge in [0.25, 0.3) is 11.8 Å². The molecule has 0 spiro atoms. The van der Waals surface area contributed by atoms with Crippen molar-refractivity contribution in [1.29, 1.82) is 0 Å². The molecule has 0 saturated heterocycles. The first-order valence-corrected chi connectivity index (χ1v) is 9.12. The first-order valence-electron chi connectivity index (χ1n) is 8.33. The van der Waals surface area contributed by atoms with Gasteiger partial charge in [-0.05, 0) is 42.3 Å². The van der Waals surface area contributed by atoms with Gasteiger partial charge in [-0.15, -0.1) is 0 Å². The summed E-state index contributed by atoms with van der Waals surface area (Å²) in [6.45, 7) is 4.62. The minimum atomic E-state index is -0.292. The Hall–Kier alpha value is -2.34. The molecular weight excluding hydrogens is 396 g/mol. The van der Waals surface area contributed by atoms with Crippen LogP contribution in [0.15, 0.2) is 46.9 Å². The van der Waals surface area contributed by atoms with Crippen LogP contribution in [0.3, 0.4) is 0 Å². The number of anilines is 1. The van der Waals surface area contributed by atoms with E-state index >= 15 is 0 Å². The van der Waals surface area contributed by atoms with Crippen molar-refractivity contribution < 1.29 is 14.3 Å². The van der Waals surface area contributed by atoms with Crippen molar-refractivity contribution in [3.8, 4) is 5.75 Å². The van der Waals surface area contributed by atoms with Crippen LogP contribution in [0.4, 0.5) is 5.69 Å². The van der Waals surface area contributed by atoms with Crippen LogP contribution >= 0.6 is 15.9 Å². The second-order valence-electron chi connectivity index (χ2n) is 6.58. The molecule has 6 heteroatoms. The Balaban J connectivity index is 2.23. The number of amides is 2. The van der Waals surface area contributed by atoms with Crippen LogP contribution in [-0.4, -0.2) is 37.4 Å². The smallest absolute Gasteiger partial charge is 0.259 e. The van der Waals surface area contributed by atoms with Gasteiger partial charge in [-0.1, -0.05) is 35.8 Å². The maximum Gasteiger partial charge on any atom is 0.259 e. The average molecular weight is 419 g/mol. The highest BCUT2D eigenvalue weighted by Gasteiger charge is 2.15. The lowest BCUT2D eigenvalue weighted by atomic mass is 10.1. The van der Waals surface area contributed by atoms with E-state index in [1.54, 1.807) is 50.5 Å². The molecule has 0 aliphatic rings. The monoisotopic (exact) mass is 418 g/mol. The van der Waals surface area contributed by atoms with E-state index in [0.717, 1.165) is 4.47 Å². The molecule has 0 unspecified atom stereocenters. The number of nitrogens with zero attached hydrogens (tertiary/aromatic N) is 1. The Morgan fingerprint density at radius 2 is 1.88 bits per heavy atom. The first kappa shape index (κ1) is 20.0. The molecule has 1 N–H and O–H groups in total. The lowest BCUT2D eigenvalue weighted by Gasteiger charge is -2.14. The molecular formula is C20H23BrN2O3. The van der Waals surface area contributed by atoms with E-state index in [-0.39, 0.29) is 11.8 Å². The summed E-state index contributed by atoms with van der Waals surface area (Å²) in [7, 11) is 3.38. The number of rotatable bonds is 6. The van der Waals surface area contributed by atoms with Crippen LogP contribution in [-0.2, 0) is 0 Å². The molecule has 0 fully saturated rings. The SMILES string of the molecule is CC(C)COc1ccc(Br)cc1C(=O)Nc1cccc(C(=O)N(C)C)c1. The Kier molecular flexibility index (Phi) is 6.80. The third-order valence-corrected chi connectivity index (χ3v) is 4.03. The van der Waals surface area contributed by atoms with E-state index in [0.29, 0.717) is 35.1 Å². The van der Waals surface area contributed by atoms with E-state index in [1.807, 2.05) is 19.9 Å². The second-order valence-corrected chi connectivity index (χ2v) is 7.50. The van der Waals surface area contributed by atoms with E-state index in [2.05, 4.69) is 21.2 Å². The average Bonchev–Trinajstić information content (AvgIpc) is 2.59. The summed E-state index contributed by atoms with van der Waals surface area (Å²) in [6.07, 6.45) is 0. The summed E-state index contributed by atoms with van der Waals surface area (Å²) >= 11 is 3.39. The van der Waals surface area contributed by atoms with Crippen molar-refractivity contribution in [3.05, 3.63) is 58.1 Å². The van der Waals surface area contributed by atoms with Gasteiger partial charge in [0.15, 0.2) is 0 Å². The van der Waals surface area contributed by atoms with Gasteiger partial charge in [0.1, 0.15) is 5.75 Å². The van der Waals surface area contributed by atoms with Crippen LogP contribution < -0.4 is 10.1 Å². The molecule has 0 aromatic heterocycles. The fraction of sp³-hybridized carbons (Fsp3) is 0.300. The van der Waals surface area contributed by atoms with Crippen molar-refractivity contribution in [2.45, 2.75) is 13.8 Å². The highest BCUT2D eigenvalue weighted by atomic mass is 79.9. The summed E-state index contributed by atoms with van der Waals surface area (Å²) in [4.78, 5) is 26.3. The number of nitrogens with one attached hydrogen (secondary N) is 1. The molecule has 26 heavy (non-hydrogen) atoms. The number of hydrogen-bond acceptors (Lipinski definition) is 3. The Labute approximate surface area is 162 Å². The van der Waals surface area contributed by atoms with Gasteiger partial charge in [0.2, 0.25) is 0 Å². The number of carbonyl (C=O) groups is 2. The highest BCUT2D eigenvalue weighted by molar-refractivity contribution is 9.10. The van der Waals surface area contributed by atoms with Gasteiger partial charge < -0.3 is 15.0 Å². The van der Waals surface area contributed by atoms with Crippen LogP contribution in [0.25, 0.3) is 0 Å². The lowest BCUT2D eigenvalue weighted by Crippen LogP contribution is -2.22. The largest absolute Gasteiger partial charge is 0.492 e. The summed E-state index contributed by atoms with van der Waals surface area (Å²) in [6, 6.07) is 12.2. The van der Waals surface area contributed by atoms with Crippen molar-refractivity contribution in [2.75, 3.05) is 26.0 Å². The van der Waals surface area contributed by atoms with E-state index in [1.165, 1.54) is 4.90 Å². The van der Waals surface area contributed by atoms with Crippen LogP contribution in [0.2, 0.25) is 0 Å². The molecule has 138 valence electrons. The second kappa shape index (κ2) is 8.85. The number of carbonyl (C=O) groups excluding carboxylic acids is 2. The van der Waals surface area contributed by atoms with Gasteiger partial charge in [-0.3, -0.25) is 9.59 Å². The van der Waals surface area contributed by atoms with E-state index < -0.39 is 0 Å². The Bertz CT molecular complexity index is 803. The molecule has 0 saturated carbocycles. The van der Waals surface area contributed by atoms with Gasteiger partial charge in [0.05, 0.1) is 12.2 Å². The fourth-order valence-electron chi connectivity index (χ4n) is 2.25. The third-order valence-electron chi connectivity index (χ3n) is 3.53. The summed E-state index contributed by atoms with van der Waals surface area (Å²) in [5.74, 6) is 0.465. The van der Waals surface area contributed by atoms with Gasteiger partial charge in [-0.2, -0.15) is 0 Å². The molecule has 2 aromatic rings. The Morgan fingerprint density at radius 1 is 1.15 bits per heavy atom. The van der Waals surface area contributed by atoms with Crippen molar-refractivity contribution in [1.82, 2.24) is 4.90 Å². The fourth-order valence-corrected chi connectivity index (χ4v) is 2.61. The predicted molar refractivity (Wildman–Crippen MR) is 107 cm³/mol. The molecule has 5 nitrogen and oxygen atoms in total. The van der Waals surface area contributed by atoms with Crippen LogP contribution in [0, 0.1) is 5.92 Å². The van der Waals surface area contributed by atoms with Crippen molar-refractivity contribution in [2.24, 2.45) is 5.92 Å². The highest BCUT2D eigenvalue weighted by Crippen LogP contribution is 2.25. The molecule has 0 heterocycles. The molecule has 0 radical (unpaired) electrons. The summed E-state index contributed by atoms with van der Waals surface area (Å²) in [5.41, 5.74) is 1.50. The summed E-state index contributed by atoms with van der Waals surface area (Å²) in [5, 5.41) is 2.84. The standard InChI is InChI=1S/C20H23BrN2O3/c1-13(2)12-26-18-9-8-15(21)11-17(18)19(24)22-16-7-5-6-14(10-16)20(25)23(3)4/h5-11,13H,12H2,1-4H3,(H,22,24). The zero-order valence-electron chi connectivity index (χ0n) is 15.4. The molecule has 2 rings (SSSR count). The molecule has 0 atom stereocenters. The number of hydrogen-bond donors (Lipinski definition) is 1. The number of halogens is 1. The van der Waals surface area contributed by atoms with Gasteiger partial charge in [-0.25, -0.2) is 0 Å². The van der Waals surface area contributed by atoms with E-state index in [9.17, 15) is 9.59 Å². The van der Waals surface area contributed by atoms with Crippen LogP contribution in [0.5, 0.6) is 5.75 Å². The topological polar surface area (TPSA) is 58.6 Å². The third kappa shape index (κ3) is 5.33. The molecule has 2 amide bonds.